The summed E-state index contributed by atoms with van der Waals surface area (Å²) in [6.07, 6.45) is 9.23. The number of aliphatic hydroxyl groups excluding tert-OH is 1. The predicted molar refractivity (Wildman–Crippen MR) is 108 cm³/mol. The number of carbonyl (C=O) groups is 1. The highest BCUT2D eigenvalue weighted by Gasteiger charge is 2.33. The van der Waals surface area contributed by atoms with Gasteiger partial charge in [-0.1, -0.05) is 0 Å². The maximum absolute atomic E-state index is 12.3. The molecule has 1 aliphatic heterocycles. The Kier molecular flexibility index (Phi) is 4.50. The van der Waals surface area contributed by atoms with Gasteiger partial charge in [-0.25, -0.2) is 4.79 Å². The minimum absolute atomic E-state index is 0.130. The summed E-state index contributed by atoms with van der Waals surface area (Å²) in [6, 6.07) is 2.06. The van der Waals surface area contributed by atoms with Gasteiger partial charge in [0.05, 0.1) is 18.0 Å². The fraction of sp³-hybridized carbons (Fsp3) is 0.476. The first-order valence-electron chi connectivity index (χ1n) is 10.1. The first-order valence-corrected chi connectivity index (χ1v) is 10.1. The van der Waals surface area contributed by atoms with Crippen LogP contribution in [0.2, 0.25) is 0 Å². The largest absolute Gasteiger partial charge is 0.446 e. The third-order valence-corrected chi connectivity index (χ3v) is 6.02. The van der Waals surface area contributed by atoms with Crippen LogP contribution in [0.15, 0.2) is 24.7 Å². The van der Waals surface area contributed by atoms with E-state index in [9.17, 15) is 9.90 Å². The first-order chi connectivity index (χ1) is 14.1. The molecule has 0 bridgehead atoms. The number of hydrogen-bond acceptors (Lipinski definition) is 6. The average Bonchev–Trinajstić information content (AvgIpc) is 3.32. The number of pyridine rings is 1. The second-order valence-electron chi connectivity index (χ2n) is 8.04. The van der Waals surface area contributed by atoms with Crippen molar-refractivity contribution >= 4 is 23.4 Å². The van der Waals surface area contributed by atoms with Crippen molar-refractivity contribution < 1.29 is 14.6 Å². The molecule has 0 unspecified atom stereocenters. The van der Waals surface area contributed by atoms with Crippen molar-refractivity contribution in [2.45, 2.75) is 31.5 Å². The molecule has 1 amide bonds. The number of anilines is 1. The van der Waals surface area contributed by atoms with Gasteiger partial charge < -0.3 is 19.6 Å². The van der Waals surface area contributed by atoms with Crippen LogP contribution >= 0.6 is 0 Å². The van der Waals surface area contributed by atoms with E-state index >= 15 is 0 Å². The van der Waals surface area contributed by atoms with Crippen molar-refractivity contribution in [3.63, 3.8) is 0 Å². The van der Waals surface area contributed by atoms with Gasteiger partial charge in [0.1, 0.15) is 6.10 Å². The summed E-state index contributed by atoms with van der Waals surface area (Å²) in [7, 11) is 1.92. The van der Waals surface area contributed by atoms with Crippen molar-refractivity contribution in [3.8, 4) is 0 Å². The fourth-order valence-electron chi connectivity index (χ4n) is 4.24. The van der Waals surface area contributed by atoms with E-state index in [4.69, 9.17) is 4.74 Å². The molecule has 2 aromatic rings. The second-order valence-corrected chi connectivity index (χ2v) is 8.04. The van der Waals surface area contributed by atoms with Gasteiger partial charge in [-0.2, -0.15) is 5.10 Å². The summed E-state index contributed by atoms with van der Waals surface area (Å²) in [5.74, 6) is 0. The Balaban J connectivity index is 1.26. The van der Waals surface area contributed by atoms with Gasteiger partial charge in [0.15, 0.2) is 0 Å². The highest BCUT2D eigenvalue weighted by molar-refractivity contribution is 5.91. The molecule has 1 saturated carbocycles. The summed E-state index contributed by atoms with van der Waals surface area (Å²) < 4.78 is 7.27. The Hall–Kier alpha value is -2.87. The molecule has 2 fully saturated rings. The van der Waals surface area contributed by atoms with E-state index in [1.807, 2.05) is 30.3 Å². The lowest BCUT2D eigenvalue weighted by Crippen LogP contribution is -2.50. The zero-order chi connectivity index (χ0) is 20.0. The molecule has 0 atom stereocenters. The summed E-state index contributed by atoms with van der Waals surface area (Å²) in [5.41, 5.74) is 5.80. The lowest BCUT2D eigenvalue weighted by atomic mass is 9.92. The van der Waals surface area contributed by atoms with Crippen molar-refractivity contribution in [2.75, 3.05) is 31.1 Å². The van der Waals surface area contributed by atoms with E-state index in [1.54, 1.807) is 4.90 Å². The van der Waals surface area contributed by atoms with Crippen LogP contribution in [0.1, 0.15) is 29.7 Å². The van der Waals surface area contributed by atoms with Crippen LogP contribution in [-0.2, 0) is 18.2 Å². The summed E-state index contributed by atoms with van der Waals surface area (Å²) in [4.78, 5) is 21.0. The van der Waals surface area contributed by atoms with Crippen LogP contribution in [0.3, 0.4) is 0 Å². The highest BCUT2D eigenvalue weighted by Crippen LogP contribution is 2.36. The van der Waals surface area contributed by atoms with E-state index in [0.717, 1.165) is 30.8 Å². The maximum Gasteiger partial charge on any atom is 0.410 e. The number of fused-ring (bicyclic) bond motifs is 1. The van der Waals surface area contributed by atoms with Crippen molar-refractivity contribution in [1.29, 1.82) is 0 Å². The molecule has 0 radical (unpaired) electrons. The third kappa shape index (κ3) is 3.48. The minimum atomic E-state index is -0.317. The van der Waals surface area contributed by atoms with Crippen molar-refractivity contribution in [1.82, 2.24) is 19.7 Å². The highest BCUT2D eigenvalue weighted by atomic mass is 16.6. The first kappa shape index (κ1) is 18.2. The second kappa shape index (κ2) is 7.18. The van der Waals surface area contributed by atoms with Gasteiger partial charge in [0.2, 0.25) is 0 Å². The molecule has 8 nitrogen and oxygen atoms in total. The fourth-order valence-corrected chi connectivity index (χ4v) is 4.24. The molecular weight excluding hydrogens is 370 g/mol. The smallest absolute Gasteiger partial charge is 0.410 e. The van der Waals surface area contributed by atoms with E-state index in [0.29, 0.717) is 25.9 Å². The zero-order valence-corrected chi connectivity index (χ0v) is 16.5. The minimum Gasteiger partial charge on any atom is -0.446 e. The number of aryl methyl sites for hydroxylation is 1. The van der Waals surface area contributed by atoms with E-state index in [1.165, 1.54) is 16.8 Å². The molecule has 3 aliphatic rings. The SMILES string of the molecule is Cn1cc(C2=Cc3c(N4CCN(C(=O)OC5CC(O)C5)CC4)ccnc3C2)cn1. The van der Waals surface area contributed by atoms with Gasteiger partial charge in [-0.15, -0.1) is 0 Å². The molecular formula is C21H25N5O3. The number of nitrogens with zero attached hydrogens (tertiary/aromatic N) is 5. The molecule has 8 heteroatoms. The number of aromatic nitrogens is 3. The monoisotopic (exact) mass is 395 g/mol. The van der Waals surface area contributed by atoms with Gasteiger partial charge in [0.25, 0.3) is 0 Å². The van der Waals surface area contributed by atoms with Crippen molar-refractivity contribution in [3.05, 3.63) is 41.5 Å². The Labute approximate surface area is 169 Å². The van der Waals surface area contributed by atoms with Gasteiger partial charge in [0, 0.05) is 81.7 Å². The molecule has 1 N–H and O–H groups in total. The molecule has 5 rings (SSSR count). The number of allylic oxidation sites excluding steroid dienone is 1. The molecule has 2 aromatic heterocycles. The molecule has 0 aromatic carbocycles. The number of hydrogen-bond donors (Lipinski definition) is 1. The normalized spacial score (nSPS) is 23.4. The summed E-state index contributed by atoms with van der Waals surface area (Å²) >= 11 is 0. The number of piperazine rings is 1. The quantitative estimate of drug-likeness (QED) is 0.852. The predicted octanol–water partition coefficient (Wildman–Crippen LogP) is 1.69. The van der Waals surface area contributed by atoms with Crippen LogP contribution in [0.5, 0.6) is 0 Å². The van der Waals surface area contributed by atoms with E-state index in [2.05, 4.69) is 27.1 Å². The Morgan fingerprint density at radius 3 is 2.72 bits per heavy atom. The van der Waals surface area contributed by atoms with Crippen LogP contribution in [0.25, 0.3) is 11.6 Å². The molecule has 29 heavy (non-hydrogen) atoms. The summed E-state index contributed by atoms with van der Waals surface area (Å²) in [5, 5.41) is 13.6. The van der Waals surface area contributed by atoms with Crippen LogP contribution in [0.4, 0.5) is 10.5 Å². The Morgan fingerprint density at radius 2 is 2.03 bits per heavy atom. The van der Waals surface area contributed by atoms with E-state index in [-0.39, 0.29) is 18.3 Å². The van der Waals surface area contributed by atoms with E-state index < -0.39 is 0 Å². The summed E-state index contributed by atoms with van der Waals surface area (Å²) in [6.45, 7) is 2.78. The van der Waals surface area contributed by atoms with Crippen LogP contribution in [-0.4, -0.2) is 69.3 Å². The standard InChI is InChI=1S/C21H25N5O3/c1-24-13-15(12-23-24)14-8-18-19(9-14)22-3-2-20(18)25-4-6-26(7-5-25)21(28)29-17-10-16(27)11-17/h2-3,8,12-13,16-17,27H,4-7,9-11H2,1H3. The maximum atomic E-state index is 12.3. The van der Waals surface area contributed by atoms with Gasteiger partial charge in [-0.05, 0) is 17.7 Å². The molecule has 1 saturated heterocycles. The number of carbonyl (C=O) groups excluding carboxylic acids is 1. The Bertz CT molecular complexity index is 955. The molecule has 3 heterocycles. The lowest BCUT2D eigenvalue weighted by Gasteiger charge is -2.38. The molecule has 0 spiro atoms. The Morgan fingerprint density at radius 1 is 1.24 bits per heavy atom. The topological polar surface area (TPSA) is 83.7 Å². The number of amides is 1. The number of aliphatic hydroxyl groups is 1. The van der Waals surface area contributed by atoms with Crippen molar-refractivity contribution in [2.24, 2.45) is 7.05 Å². The average molecular weight is 395 g/mol. The lowest BCUT2D eigenvalue weighted by molar-refractivity contribution is -0.0452. The van der Waals surface area contributed by atoms with Crippen LogP contribution in [0, 0.1) is 0 Å². The van der Waals surface area contributed by atoms with Gasteiger partial charge in [-0.3, -0.25) is 9.67 Å². The number of ether oxygens (including phenoxy) is 1. The number of rotatable bonds is 3. The third-order valence-electron chi connectivity index (χ3n) is 6.02. The van der Waals surface area contributed by atoms with Gasteiger partial charge >= 0.3 is 6.09 Å². The molecule has 2 aliphatic carbocycles. The zero-order valence-electron chi connectivity index (χ0n) is 16.5. The van der Waals surface area contributed by atoms with Crippen LogP contribution < -0.4 is 4.90 Å². The molecule has 152 valence electrons.